The van der Waals surface area contributed by atoms with Gasteiger partial charge in [0.1, 0.15) is 11.5 Å². The van der Waals surface area contributed by atoms with Gasteiger partial charge >= 0.3 is 0 Å². The Morgan fingerprint density at radius 1 is 0.444 bits per heavy atom. The molecule has 12 heteroatoms. The minimum Gasteiger partial charge on any atom is -0.451 e. The number of hydrogen-bond donors (Lipinski definition) is 2. The SMILES string of the molecule is Nc1cccc(Oc2c(F)c(F)c(-c3c(F)c(F)c(Oc4cccc(N)c4)c(F)c3F)c(F)c2F)c1. The first-order chi connectivity index (χ1) is 17.0. The van der Waals surface area contributed by atoms with Crippen LogP contribution in [0.4, 0.5) is 46.5 Å². The number of nitrogen functional groups attached to an aromatic ring is 2. The standard InChI is InChI=1S/C24H12F8N2O2/c25-15-13(16(26)20(30)23(19(15)29)35-11-5-1-3-9(33)7-11)14-17(27)21(31)24(22(32)18(14)28)36-12-6-2-4-10(34)8-12/h1-8H,33-34H2. The molecule has 36 heavy (non-hydrogen) atoms. The van der Waals surface area contributed by atoms with Crippen LogP contribution in [0.3, 0.4) is 0 Å². The highest BCUT2D eigenvalue weighted by Gasteiger charge is 2.35. The van der Waals surface area contributed by atoms with Gasteiger partial charge in [0.15, 0.2) is 23.3 Å². The molecule has 0 aliphatic heterocycles. The third-order valence-corrected chi connectivity index (χ3v) is 4.85. The Hall–Kier alpha value is -4.48. The van der Waals surface area contributed by atoms with Gasteiger partial charge in [0.05, 0.1) is 11.1 Å². The van der Waals surface area contributed by atoms with E-state index in [1.165, 1.54) is 24.3 Å². The van der Waals surface area contributed by atoms with E-state index in [1.54, 1.807) is 0 Å². The molecule has 0 saturated carbocycles. The fourth-order valence-electron chi connectivity index (χ4n) is 3.23. The minimum absolute atomic E-state index is 0.0708. The molecule has 0 fully saturated rings. The number of halogens is 8. The normalized spacial score (nSPS) is 11.0. The number of ether oxygens (including phenoxy) is 2. The molecule has 0 heterocycles. The van der Waals surface area contributed by atoms with E-state index in [0.29, 0.717) is 0 Å². The summed E-state index contributed by atoms with van der Waals surface area (Å²) in [5.41, 5.74) is 7.03. The molecule has 0 aliphatic rings. The van der Waals surface area contributed by atoms with E-state index in [0.717, 1.165) is 24.3 Å². The molecule has 0 bridgehead atoms. The average Bonchev–Trinajstić information content (AvgIpc) is 2.84. The van der Waals surface area contributed by atoms with E-state index in [4.69, 9.17) is 20.9 Å². The van der Waals surface area contributed by atoms with E-state index in [1.807, 2.05) is 0 Å². The van der Waals surface area contributed by atoms with Gasteiger partial charge in [-0.2, -0.15) is 17.6 Å². The van der Waals surface area contributed by atoms with Crippen LogP contribution in [-0.4, -0.2) is 0 Å². The van der Waals surface area contributed by atoms with Crippen molar-refractivity contribution in [2.75, 3.05) is 11.5 Å². The molecular formula is C24H12F8N2O2. The molecule has 4 rings (SSSR count). The van der Waals surface area contributed by atoms with Crippen molar-refractivity contribution in [3.63, 3.8) is 0 Å². The molecule has 4 aromatic carbocycles. The van der Waals surface area contributed by atoms with Gasteiger partial charge in [0, 0.05) is 23.5 Å². The number of nitrogens with two attached hydrogens (primary N) is 2. The molecular weight excluding hydrogens is 500 g/mol. The second-order valence-electron chi connectivity index (χ2n) is 7.27. The first-order valence-corrected chi connectivity index (χ1v) is 9.80. The summed E-state index contributed by atoms with van der Waals surface area (Å²) in [6.45, 7) is 0. The van der Waals surface area contributed by atoms with Crippen molar-refractivity contribution in [1.82, 2.24) is 0 Å². The van der Waals surface area contributed by atoms with E-state index >= 15 is 0 Å². The molecule has 4 aromatic rings. The Balaban J connectivity index is 1.87. The van der Waals surface area contributed by atoms with Crippen LogP contribution in [0.5, 0.6) is 23.0 Å². The highest BCUT2D eigenvalue weighted by Crippen LogP contribution is 2.43. The zero-order chi connectivity index (χ0) is 26.3. The van der Waals surface area contributed by atoms with Crippen molar-refractivity contribution in [2.45, 2.75) is 0 Å². The molecule has 0 amide bonds. The first kappa shape index (κ1) is 24.6. The van der Waals surface area contributed by atoms with Crippen LogP contribution in [0.25, 0.3) is 11.1 Å². The molecule has 0 aromatic heterocycles. The van der Waals surface area contributed by atoms with Crippen molar-refractivity contribution in [3.05, 3.63) is 95.1 Å². The van der Waals surface area contributed by atoms with Crippen molar-refractivity contribution < 1.29 is 44.6 Å². The number of anilines is 2. The van der Waals surface area contributed by atoms with Gasteiger partial charge in [-0.25, -0.2) is 17.6 Å². The maximum absolute atomic E-state index is 14.8. The van der Waals surface area contributed by atoms with Crippen LogP contribution in [0.1, 0.15) is 0 Å². The Kier molecular flexibility index (Phi) is 6.35. The second-order valence-corrected chi connectivity index (χ2v) is 7.27. The zero-order valence-electron chi connectivity index (χ0n) is 17.6. The molecule has 0 unspecified atom stereocenters. The summed E-state index contributed by atoms with van der Waals surface area (Å²) in [6.07, 6.45) is 0. The van der Waals surface area contributed by atoms with E-state index in [9.17, 15) is 35.1 Å². The summed E-state index contributed by atoms with van der Waals surface area (Å²) in [7, 11) is 0. The first-order valence-electron chi connectivity index (χ1n) is 9.80. The molecule has 0 saturated heterocycles. The lowest BCUT2D eigenvalue weighted by Crippen LogP contribution is -2.09. The van der Waals surface area contributed by atoms with Crippen LogP contribution in [0, 0.1) is 46.5 Å². The van der Waals surface area contributed by atoms with Crippen molar-refractivity contribution in [1.29, 1.82) is 0 Å². The van der Waals surface area contributed by atoms with Crippen LogP contribution >= 0.6 is 0 Å². The molecule has 186 valence electrons. The quantitative estimate of drug-likeness (QED) is 0.168. The molecule has 4 N–H and O–H groups in total. The Morgan fingerprint density at radius 3 is 1.03 bits per heavy atom. The van der Waals surface area contributed by atoms with Gasteiger partial charge in [-0.1, -0.05) is 12.1 Å². The summed E-state index contributed by atoms with van der Waals surface area (Å²) in [6, 6.07) is 9.75. The fourth-order valence-corrected chi connectivity index (χ4v) is 3.23. The van der Waals surface area contributed by atoms with Crippen LogP contribution in [0.2, 0.25) is 0 Å². The van der Waals surface area contributed by atoms with E-state index in [2.05, 4.69) is 0 Å². The molecule has 0 radical (unpaired) electrons. The van der Waals surface area contributed by atoms with Crippen molar-refractivity contribution >= 4 is 11.4 Å². The van der Waals surface area contributed by atoms with Gasteiger partial charge in [0.2, 0.25) is 34.8 Å². The van der Waals surface area contributed by atoms with Gasteiger partial charge < -0.3 is 20.9 Å². The lowest BCUT2D eigenvalue weighted by molar-refractivity contribution is 0.360. The Labute approximate surface area is 197 Å². The number of hydrogen-bond acceptors (Lipinski definition) is 4. The van der Waals surface area contributed by atoms with E-state index in [-0.39, 0.29) is 22.9 Å². The summed E-state index contributed by atoms with van der Waals surface area (Å²) >= 11 is 0. The van der Waals surface area contributed by atoms with Crippen LogP contribution < -0.4 is 20.9 Å². The monoisotopic (exact) mass is 512 g/mol. The lowest BCUT2D eigenvalue weighted by atomic mass is 10.0. The lowest BCUT2D eigenvalue weighted by Gasteiger charge is -2.16. The number of rotatable bonds is 5. The largest absolute Gasteiger partial charge is 0.451 e. The smallest absolute Gasteiger partial charge is 0.205 e. The summed E-state index contributed by atoms with van der Waals surface area (Å²) in [5, 5.41) is 0. The number of benzene rings is 4. The summed E-state index contributed by atoms with van der Waals surface area (Å²) in [4.78, 5) is 0. The predicted molar refractivity (Wildman–Crippen MR) is 113 cm³/mol. The minimum atomic E-state index is -2.38. The zero-order valence-corrected chi connectivity index (χ0v) is 17.6. The van der Waals surface area contributed by atoms with Gasteiger partial charge in [-0.15, -0.1) is 0 Å². The maximum atomic E-state index is 14.8. The summed E-state index contributed by atoms with van der Waals surface area (Å²) in [5.74, 6) is -22.4. The fraction of sp³-hybridized carbons (Fsp3) is 0. The maximum Gasteiger partial charge on any atom is 0.205 e. The highest BCUT2D eigenvalue weighted by molar-refractivity contribution is 5.69. The molecule has 0 aliphatic carbocycles. The Morgan fingerprint density at radius 2 is 0.750 bits per heavy atom. The van der Waals surface area contributed by atoms with Crippen molar-refractivity contribution in [2.24, 2.45) is 0 Å². The van der Waals surface area contributed by atoms with E-state index < -0.39 is 69.2 Å². The predicted octanol–water partition coefficient (Wildman–Crippen LogP) is 7.22. The van der Waals surface area contributed by atoms with Crippen LogP contribution in [-0.2, 0) is 0 Å². The molecule has 0 spiro atoms. The molecule has 0 atom stereocenters. The van der Waals surface area contributed by atoms with Gasteiger partial charge in [-0.3, -0.25) is 0 Å². The topological polar surface area (TPSA) is 70.5 Å². The highest BCUT2D eigenvalue weighted by atomic mass is 19.2. The second kappa shape index (κ2) is 9.29. The average molecular weight is 512 g/mol. The van der Waals surface area contributed by atoms with Crippen molar-refractivity contribution in [3.8, 4) is 34.1 Å². The third kappa shape index (κ3) is 4.21. The molecule has 4 nitrogen and oxygen atoms in total. The Bertz CT molecular complexity index is 1340. The summed E-state index contributed by atoms with van der Waals surface area (Å²) < 4.78 is 127. The van der Waals surface area contributed by atoms with Crippen LogP contribution in [0.15, 0.2) is 48.5 Å². The van der Waals surface area contributed by atoms with Gasteiger partial charge in [-0.05, 0) is 24.3 Å². The third-order valence-electron chi connectivity index (χ3n) is 4.85. The van der Waals surface area contributed by atoms with Gasteiger partial charge in [0.25, 0.3) is 0 Å².